The van der Waals surface area contributed by atoms with Crippen LogP contribution in [0, 0.1) is 6.92 Å². The van der Waals surface area contributed by atoms with Crippen LogP contribution in [0.4, 0.5) is 5.69 Å². The number of fused-ring (bicyclic) bond motifs is 1. The highest BCUT2D eigenvalue weighted by atomic mass is 32.2. The molecule has 1 amide bonds. The Kier molecular flexibility index (Phi) is 4.44. The summed E-state index contributed by atoms with van der Waals surface area (Å²) in [5, 5.41) is 3.52. The van der Waals surface area contributed by atoms with Gasteiger partial charge in [-0.15, -0.1) is 0 Å². The summed E-state index contributed by atoms with van der Waals surface area (Å²) >= 11 is 1.45. The number of nitrogens with zero attached hydrogens (tertiary/aromatic N) is 1. The number of anilines is 1. The van der Waals surface area contributed by atoms with Gasteiger partial charge < -0.3 is 9.73 Å². The van der Waals surface area contributed by atoms with Crippen molar-refractivity contribution in [1.82, 2.24) is 4.98 Å². The quantitative estimate of drug-likeness (QED) is 0.715. The van der Waals surface area contributed by atoms with Crippen LogP contribution >= 0.6 is 11.8 Å². The van der Waals surface area contributed by atoms with Gasteiger partial charge >= 0.3 is 0 Å². The first-order valence-corrected chi connectivity index (χ1v) is 8.05. The van der Waals surface area contributed by atoms with E-state index in [0.717, 1.165) is 22.4 Å². The third kappa shape index (κ3) is 3.49. The second-order valence-electron chi connectivity index (χ2n) is 4.91. The molecule has 0 unspecified atom stereocenters. The van der Waals surface area contributed by atoms with Crippen molar-refractivity contribution in [1.29, 1.82) is 0 Å². The number of carbonyl (C=O) groups is 1. The van der Waals surface area contributed by atoms with Gasteiger partial charge in [0.05, 0.1) is 0 Å². The lowest BCUT2D eigenvalue weighted by Gasteiger charge is -2.07. The fourth-order valence-corrected chi connectivity index (χ4v) is 2.84. The molecule has 22 heavy (non-hydrogen) atoms. The maximum atomic E-state index is 12.0. The fraction of sp³-hybridized carbons (Fsp3) is 0.176. The van der Waals surface area contributed by atoms with Crippen LogP contribution in [0.5, 0.6) is 0 Å². The number of nitrogens with one attached hydrogen (secondary N) is 1. The summed E-state index contributed by atoms with van der Waals surface area (Å²) in [6, 6.07) is 15.4. The average Bonchev–Trinajstić information content (AvgIpc) is 2.92. The summed E-state index contributed by atoms with van der Waals surface area (Å²) in [6.45, 7) is 1.97. The molecule has 4 nitrogen and oxygen atoms in total. The fourth-order valence-electron chi connectivity index (χ4n) is 2.07. The maximum Gasteiger partial charge on any atom is 0.256 e. The summed E-state index contributed by atoms with van der Waals surface area (Å²) in [5.41, 5.74) is 3.53. The average molecular weight is 312 g/mol. The van der Waals surface area contributed by atoms with Gasteiger partial charge in [0.1, 0.15) is 5.52 Å². The molecule has 3 aromatic rings. The van der Waals surface area contributed by atoms with Gasteiger partial charge in [-0.3, -0.25) is 4.79 Å². The number of para-hydroxylation sites is 3. The normalized spacial score (nSPS) is 10.8. The van der Waals surface area contributed by atoms with Gasteiger partial charge in [-0.2, -0.15) is 0 Å². The lowest BCUT2D eigenvalue weighted by Crippen LogP contribution is -2.12. The van der Waals surface area contributed by atoms with E-state index < -0.39 is 0 Å². The van der Waals surface area contributed by atoms with Crippen molar-refractivity contribution in [3.63, 3.8) is 0 Å². The minimum Gasteiger partial charge on any atom is -0.431 e. The zero-order chi connectivity index (χ0) is 15.4. The molecule has 0 radical (unpaired) electrons. The molecule has 1 aromatic heterocycles. The summed E-state index contributed by atoms with van der Waals surface area (Å²) in [7, 11) is 0. The third-order valence-electron chi connectivity index (χ3n) is 3.25. The molecule has 0 saturated carbocycles. The molecule has 3 rings (SSSR count). The van der Waals surface area contributed by atoms with Gasteiger partial charge in [0.15, 0.2) is 5.58 Å². The van der Waals surface area contributed by atoms with Crippen LogP contribution < -0.4 is 5.32 Å². The van der Waals surface area contributed by atoms with E-state index in [-0.39, 0.29) is 5.91 Å². The molecular formula is C17H16N2O2S. The van der Waals surface area contributed by atoms with Crippen LogP contribution in [0.3, 0.4) is 0 Å². The van der Waals surface area contributed by atoms with Gasteiger partial charge in [-0.05, 0) is 30.7 Å². The first-order chi connectivity index (χ1) is 10.7. The van der Waals surface area contributed by atoms with Gasteiger partial charge in [0.2, 0.25) is 5.91 Å². The van der Waals surface area contributed by atoms with Crippen molar-refractivity contribution < 1.29 is 9.21 Å². The number of amides is 1. The number of benzene rings is 2. The Labute approximate surface area is 132 Å². The molecule has 0 saturated heterocycles. The van der Waals surface area contributed by atoms with Crippen molar-refractivity contribution in [2.24, 2.45) is 0 Å². The topological polar surface area (TPSA) is 55.1 Å². The van der Waals surface area contributed by atoms with Crippen LogP contribution in [-0.4, -0.2) is 16.6 Å². The highest BCUT2D eigenvalue weighted by Gasteiger charge is 2.08. The van der Waals surface area contributed by atoms with Gasteiger partial charge in [-0.25, -0.2) is 4.98 Å². The molecule has 0 bridgehead atoms. The highest BCUT2D eigenvalue weighted by Crippen LogP contribution is 2.23. The monoisotopic (exact) mass is 312 g/mol. The lowest BCUT2D eigenvalue weighted by atomic mass is 10.2. The summed E-state index contributed by atoms with van der Waals surface area (Å²) in [6.07, 6.45) is 0.414. The lowest BCUT2D eigenvalue weighted by molar-refractivity contribution is -0.115. The molecule has 0 spiro atoms. The van der Waals surface area contributed by atoms with Crippen molar-refractivity contribution in [2.45, 2.75) is 18.6 Å². The standard InChI is InChI=1S/C17H16N2O2S/c1-12-6-2-3-7-13(12)18-16(20)10-11-22-17-19-14-8-4-5-9-15(14)21-17/h2-9H,10-11H2,1H3,(H,18,20). The first-order valence-electron chi connectivity index (χ1n) is 7.06. The minimum atomic E-state index is -0.00193. The number of thioether (sulfide) groups is 1. The molecule has 5 heteroatoms. The second kappa shape index (κ2) is 6.66. The number of aryl methyl sites for hydroxylation is 1. The van der Waals surface area contributed by atoms with Gasteiger partial charge in [-0.1, -0.05) is 42.1 Å². The zero-order valence-corrected chi connectivity index (χ0v) is 13.0. The Bertz CT molecular complexity index is 765. The highest BCUT2D eigenvalue weighted by molar-refractivity contribution is 7.99. The van der Waals surface area contributed by atoms with Crippen molar-refractivity contribution >= 4 is 34.5 Å². The Morgan fingerprint density at radius 3 is 2.77 bits per heavy atom. The van der Waals surface area contributed by atoms with Gasteiger partial charge in [0.25, 0.3) is 5.22 Å². The Morgan fingerprint density at radius 2 is 1.95 bits per heavy atom. The predicted octanol–water partition coefficient (Wildman–Crippen LogP) is 4.26. The molecule has 1 heterocycles. The smallest absolute Gasteiger partial charge is 0.256 e. The molecule has 0 fully saturated rings. The number of rotatable bonds is 5. The third-order valence-corrected chi connectivity index (χ3v) is 4.08. The number of oxazole rings is 1. The van der Waals surface area contributed by atoms with E-state index in [1.807, 2.05) is 55.5 Å². The predicted molar refractivity (Wildman–Crippen MR) is 89.2 cm³/mol. The summed E-state index contributed by atoms with van der Waals surface area (Å²) < 4.78 is 5.61. The summed E-state index contributed by atoms with van der Waals surface area (Å²) in [4.78, 5) is 16.3. The van der Waals surface area contributed by atoms with E-state index in [0.29, 0.717) is 17.4 Å². The first kappa shape index (κ1) is 14.7. The molecule has 0 aliphatic heterocycles. The van der Waals surface area contributed by atoms with E-state index in [9.17, 15) is 4.79 Å². The van der Waals surface area contributed by atoms with E-state index in [1.54, 1.807) is 0 Å². The van der Waals surface area contributed by atoms with Gasteiger partial charge in [0, 0.05) is 17.9 Å². The van der Waals surface area contributed by atoms with Crippen molar-refractivity contribution in [2.75, 3.05) is 11.1 Å². The Balaban J connectivity index is 1.52. The Morgan fingerprint density at radius 1 is 1.18 bits per heavy atom. The van der Waals surface area contributed by atoms with E-state index in [1.165, 1.54) is 11.8 Å². The molecule has 2 aromatic carbocycles. The minimum absolute atomic E-state index is 0.00193. The molecule has 112 valence electrons. The van der Waals surface area contributed by atoms with Crippen LogP contribution in [0.15, 0.2) is 58.2 Å². The van der Waals surface area contributed by atoms with Crippen LogP contribution in [0.2, 0.25) is 0 Å². The maximum absolute atomic E-state index is 12.0. The molecule has 0 atom stereocenters. The molecule has 1 N–H and O–H groups in total. The van der Waals surface area contributed by atoms with Crippen molar-refractivity contribution in [3.8, 4) is 0 Å². The largest absolute Gasteiger partial charge is 0.431 e. The Hall–Kier alpha value is -2.27. The molecular weight excluding hydrogens is 296 g/mol. The molecule has 0 aliphatic rings. The number of aromatic nitrogens is 1. The molecule has 0 aliphatic carbocycles. The SMILES string of the molecule is Cc1ccccc1NC(=O)CCSc1nc2ccccc2o1. The van der Waals surface area contributed by atoms with Crippen LogP contribution in [0.25, 0.3) is 11.1 Å². The van der Waals surface area contributed by atoms with E-state index in [4.69, 9.17) is 4.42 Å². The van der Waals surface area contributed by atoms with Crippen LogP contribution in [-0.2, 0) is 4.79 Å². The van der Waals surface area contributed by atoms with E-state index in [2.05, 4.69) is 10.3 Å². The van der Waals surface area contributed by atoms with E-state index >= 15 is 0 Å². The number of hydrogen-bond donors (Lipinski definition) is 1. The van der Waals surface area contributed by atoms with Crippen molar-refractivity contribution in [3.05, 3.63) is 54.1 Å². The van der Waals surface area contributed by atoms with Crippen LogP contribution in [0.1, 0.15) is 12.0 Å². The summed E-state index contributed by atoms with van der Waals surface area (Å²) in [5.74, 6) is 0.628. The second-order valence-corrected chi connectivity index (χ2v) is 5.96. The zero-order valence-electron chi connectivity index (χ0n) is 12.2. The number of hydrogen-bond acceptors (Lipinski definition) is 4. The number of carbonyl (C=O) groups excluding carboxylic acids is 1.